The van der Waals surface area contributed by atoms with Crippen molar-refractivity contribution in [2.45, 2.75) is 104 Å². The number of pyridine rings is 1. The van der Waals surface area contributed by atoms with Crippen molar-refractivity contribution in [3.8, 4) is 23.1 Å². The van der Waals surface area contributed by atoms with Crippen LogP contribution in [0.25, 0.3) is 11.3 Å². The molecule has 0 saturated carbocycles. The smallest absolute Gasteiger partial charge is 0.331 e. The fourth-order valence-electron chi connectivity index (χ4n) is 4.05. The summed E-state index contributed by atoms with van der Waals surface area (Å²) in [5.74, 6) is -0.0284. The molecule has 1 unspecified atom stereocenters. The zero-order valence-electron chi connectivity index (χ0n) is 21.4. The molecule has 1 heterocycles. The molecular weight excluding hydrogens is 420 g/mol. The van der Waals surface area contributed by atoms with E-state index < -0.39 is 11.4 Å². The van der Waals surface area contributed by atoms with E-state index in [4.69, 9.17) is 4.74 Å². The Bertz CT molecular complexity index is 884. The van der Waals surface area contributed by atoms with Gasteiger partial charge in [-0.1, -0.05) is 84.1 Å². The third-order valence-corrected chi connectivity index (χ3v) is 6.48. The quantitative estimate of drug-likeness (QED) is 0.143. The van der Waals surface area contributed by atoms with Crippen molar-refractivity contribution >= 4 is 5.97 Å². The molecule has 34 heavy (non-hydrogen) atoms. The minimum absolute atomic E-state index is 0.456. The Morgan fingerprint density at radius 2 is 1.50 bits per heavy atom. The van der Waals surface area contributed by atoms with Crippen LogP contribution in [-0.2, 0) is 11.2 Å². The summed E-state index contributed by atoms with van der Waals surface area (Å²) in [7, 11) is 0. The van der Waals surface area contributed by atoms with Crippen molar-refractivity contribution in [3.63, 3.8) is 0 Å². The molecule has 0 bridgehead atoms. The first kappa shape index (κ1) is 27.6. The third kappa shape index (κ3) is 9.29. The highest BCUT2D eigenvalue weighted by Gasteiger charge is 2.35. The van der Waals surface area contributed by atoms with Crippen molar-refractivity contribution in [3.05, 3.63) is 48.2 Å². The van der Waals surface area contributed by atoms with Gasteiger partial charge in [-0.15, -0.1) is 0 Å². The van der Waals surface area contributed by atoms with Gasteiger partial charge in [0.1, 0.15) is 5.75 Å². The maximum atomic E-state index is 12.6. The molecule has 0 fully saturated rings. The van der Waals surface area contributed by atoms with Gasteiger partial charge in [-0.3, -0.25) is 4.98 Å². The number of nitriles is 1. The maximum absolute atomic E-state index is 12.6. The van der Waals surface area contributed by atoms with Crippen molar-refractivity contribution in [1.29, 1.82) is 5.26 Å². The molecule has 0 amide bonds. The minimum Gasteiger partial charge on any atom is -0.425 e. The Morgan fingerprint density at radius 3 is 2.09 bits per heavy atom. The molecule has 0 N–H and O–H groups in total. The van der Waals surface area contributed by atoms with Crippen LogP contribution in [0.2, 0.25) is 0 Å². The molecule has 184 valence electrons. The van der Waals surface area contributed by atoms with Crippen LogP contribution in [-0.4, -0.2) is 11.0 Å². The van der Waals surface area contributed by atoms with Gasteiger partial charge in [0.15, 0.2) is 5.41 Å². The summed E-state index contributed by atoms with van der Waals surface area (Å²) in [5.41, 5.74) is 2.04. The number of rotatable bonds is 16. The summed E-state index contributed by atoms with van der Waals surface area (Å²) < 4.78 is 5.52. The van der Waals surface area contributed by atoms with E-state index in [0.29, 0.717) is 12.2 Å². The molecular formula is C30H42N2O2. The number of unbranched alkanes of at least 4 members (excludes halogenated alkanes) is 9. The van der Waals surface area contributed by atoms with E-state index >= 15 is 0 Å². The predicted molar refractivity (Wildman–Crippen MR) is 139 cm³/mol. The van der Waals surface area contributed by atoms with Gasteiger partial charge in [0.25, 0.3) is 0 Å². The average molecular weight is 463 g/mol. The van der Waals surface area contributed by atoms with Crippen LogP contribution in [0, 0.1) is 16.7 Å². The van der Waals surface area contributed by atoms with Crippen LogP contribution in [0.15, 0.2) is 42.6 Å². The summed E-state index contributed by atoms with van der Waals surface area (Å²) in [4.78, 5) is 17.2. The SMILES string of the molecule is CCCCCCCCCCc1ccc(-c2ccc(OC(=O)C(C)(C#N)CCCCC)cc2)nc1. The van der Waals surface area contributed by atoms with Crippen LogP contribution in [0.5, 0.6) is 5.75 Å². The number of hydrogen-bond acceptors (Lipinski definition) is 4. The lowest BCUT2D eigenvalue weighted by Crippen LogP contribution is -2.30. The second-order valence-corrected chi connectivity index (χ2v) is 9.59. The maximum Gasteiger partial charge on any atom is 0.331 e. The second kappa shape index (κ2) is 15.3. The number of nitrogens with zero attached hydrogens (tertiary/aromatic N) is 2. The van der Waals surface area contributed by atoms with Crippen molar-refractivity contribution in [2.24, 2.45) is 5.41 Å². The Labute approximate surface area is 206 Å². The molecule has 0 aliphatic carbocycles. The summed E-state index contributed by atoms with van der Waals surface area (Å²) >= 11 is 0. The molecule has 1 aromatic heterocycles. The Hall–Kier alpha value is -2.67. The zero-order chi connectivity index (χ0) is 24.7. The van der Waals surface area contributed by atoms with Crippen molar-refractivity contribution < 1.29 is 9.53 Å². The van der Waals surface area contributed by atoms with Crippen LogP contribution in [0.3, 0.4) is 0 Å². The number of ether oxygens (including phenoxy) is 1. The molecule has 1 atom stereocenters. The van der Waals surface area contributed by atoms with Crippen LogP contribution in [0.4, 0.5) is 0 Å². The standard InChI is InChI=1S/C30H42N2O2/c1-4-6-8-9-10-11-12-13-15-25-16-21-28(32-23-25)26-17-19-27(20-18-26)34-29(33)30(3,24-31)22-14-7-5-2/h16-21,23H,4-15,22H2,1-3H3. The molecule has 2 rings (SSSR count). The van der Waals surface area contributed by atoms with Crippen LogP contribution < -0.4 is 4.74 Å². The molecule has 0 aliphatic rings. The number of carbonyl (C=O) groups is 1. The van der Waals surface area contributed by atoms with E-state index in [1.165, 1.54) is 56.9 Å². The number of carbonyl (C=O) groups excluding carboxylic acids is 1. The number of benzene rings is 1. The van der Waals surface area contributed by atoms with Gasteiger partial charge < -0.3 is 4.74 Å². The molecule has 1 aromatic carbocycles. The molecule has 0 saturated heterocycles. The largest absolute Gasteiger partial charge is 0.425 e. The molecule has 4 heteroatoms. The van der Waals surface area contributed by atoms with E-state index in [9.17, 15) is 10.1 Å². The molecule has 0 spiro atoms. The van der Waals surface area contributed by atoms with Crippen molar-refractivity contribution in [2.75, 3.05) is 0 Å². The van der Waals surface area contributed by atoms with E-state index in [1.54, 1.807) is 19.1 Å². The van der Waals surface area contributed by atoms with Gasteiger partial charge >= 0.3 is 5.97 Å². The summed E-state index contributed by atoms with van der Waals surface area (Å²) in [6, 6.07) is 13.7. The summed E-state index contributed by atoms with van der Waals surface area (Å²) in [6.07, 6.45) is 17.1. The fourth-order valence-corrected chi connectivity index (χ4v) is 4.05. The first-order valence-electron chi connectivity index (χ1n) is 13.2. The highest BCUT2D eigenvalue weighted by atomic mass is 16.5. The monoisotopic (exact) mass is 462 g/mol. The Morgan fingerprint density at radius 1 is 0.882 bits per heavy atom. The average Bonchev–Trinajstić information content (AvgIpc) is 2.86. The molecule has 0 radical (unpaired) electrons. The molecule has 0 aliphatic heterocycles. The number of esters is 1. The van der Waals surface area contributed by atoms with E-state index in [1.807, 2.05) is 18.3 Å². The lowest BCUT2D eigenvalue weighted by atomic mass is 9.86. The van der Waals surface area contributed by atoms with E-state index in [-0.39, 0.29) is 0 Å². The highest BCUT2D eigenvalue weighted by molar-refractivity contribution is 5.81. The second-order valence-electron chi connectivity index (χ2n) is 9.59. The topological polar surface area (TPSA) is 63.0 Å². The summed E-state index contributed by atoms with van der Waals surface area (Å²) in [5, 5.41) is 9.51. The van der Waals surface area contributed by atoms with Crippen LogP contribution in [0.1, 0.15) is 103 Å². The van der Waals surface area contributed by atoms with Gasteiger partial charge in [0, 0.05) is 11.8 Å². The van der Waals surface area contributed by atoms with Gasteiger partial charge in [0.2, 0.25) is 0 Å². The zero-order valence-corrected chi connectivity index (χ0v) is 21.4. The number of aromatic nitrogens is 1. The number of hydrogen-bond donors (Lipinski definition) is 0. The van der Waals surface area contributed by atoms with Gasteiger partial charge in [-0.25, -0.2) is 4.79 Å². The highest BCUT2D eigenvalue weighted by Crippen LogP contribution is 2.28. The summed E-state index contributed by atoms with van der Waals surface area (Å²) in [6.45, 7) is 6.02. The third-order valence-electron chi connectivity index (χ3n) is 6.48. The van der Waals surface area contributed by atoms with E-state index in [2.05, 4.69) is 37.0 Å². The van der Waals surface area contributed by atoms with E-state index in [0.717, 1.165) is 36.9 Å². The van der Waals surface area contributed by atoms with Crippen LogP contribution >= 0.6 is 0 Å². The first-order valence-corrected chi connectivity index (χ1v) is 13.2. The van der Waals surface area contributed by atoms with Crippen molar-refractivity contribution in [1.82, 2.24) is 4.98 Å². The van der Waals surface area contributed by atoms with Gasteiger partial charge in [-0.2, -0.15) is 5.26 Å². The normalized spacial score (nSPS) is 12.6. The lowest BCUT2D eigenvalue weighted by molar-refractivity contribution is -0.142. The lowest BCUT2D eigenvalue weighted by Gasteiger charge is -2.19. The Kier molecular flexibility index (Phi) is 12.4. The first-order chi connectivity index (χ1) is 16.5. The minimum atomic E-state index is -1.11. The molecule has 2 aromatic rings. The predicted octanol–water partition coefficient (Wildman–Crippen LogP) is 8.45. The fraction of sp³-hybridized carbons (Fsp3) is 0.567. The number of aryl methyl sites for hydroxylation is 1. The van der Waals surface area contributed by atoms with Gasteiger partial charge in [0.05, 0.1) is 11.8 Å². The Balaban J connectivity index is 1.82. The van der Waals surface area contributed by atoms with Gasteiger partial charge in [-0.05, 0) is 62.1 Å². The molecule has 4 nitrogen and oxygen atoms in total.